The van der Waals surface area contributed by atoms with Crippen LogP contribution in [0.3, 0.4) is 0 Å². The molecule has 0 amide bonds. The molecule has 0 radical (unpaired) electrons. The Morgan fingerprint density at radius 3 is 2.87 bits per heavy atom. The maximum Gasteiger partial charge on any atom is 0.329 e. The van der Waals surface area contributed by atoms with Gasteiger partial charge in [-0.25, -0.2) is 9.78 Å². The van der Waals surface area contributed by atoms with Gasteiger partial charge in [0.15, 0.2) is 0 Å². The largest absolute Gasteiger partial charge is 0.480 e. The van der Waals surface area contributed by atoms with Gasteiger partial charge in [-0.3, -0.25) is 0 Å². The molecule has 84 valence electrons. The summed E-state index contributed by atoms with van der Waals surface area (Å²) < 4.78 is 6.97. The fourth-order valence-electron chi connectivity index (χ4n) is 1.39. The van der Waals surface area contributed by atoms with E-state index in [0.717, 1.165) is 24.5 Å². The standard InChI is InChI=1S/C10H16N2O3/c1-8-6-12(9(2)11-8)4-3-5-15-7-10(13)14/h6H,3-5,7H2,1-2H3,(H,13,14). The van der Waals surface area contributed by atoms with Crippen LogP contribution < -0.4 is 0 Å². The van der Waals surface area contributed by atoms with Crippen LogP contribution in [0.4, 0.5) is 0 Å². The first-order chi connectivity index (χ1) is 7.09. The number of imidazole rings is 1. The van der Waals surface area contributed by atoms with Gasteiger partial charge in [-0.15, -0.1) is 0 Å². The number of carboxylic acids is 1. The monoisotopic (exact) mass is 212 g/mol. The van der Waals surface area contributed by atoms with Crippen molar-refractivity contribution in [2.45, 2.75) is 26.8 Å². The molecule has 1 N–H and O–H groups in total. The van der Waals surface area contributed by atoms with E-state index in [0.29, 0.717) is 6.61 Å². The molecule has 0 aliphatic heterocycles. The van der Waals surface area contributed by atoms with Crippen molar-refractivity contribution in [1.82, 2.24) is 9.55 Å². The van der Waals surface area contributed by atoms with Gasteiger partial charge in [-0.2, -0.15) is 0 Å². The minimum absolute atomic E-state index is 0.220. The predicted octanol–water partition coefficient (Wildman–Crippen LogP) is 0.991. The second-order valence-electron chi connectivity index (χ2n) is 3.42. The van der Waals surface area contributed by atoms with Gasteiger partial charge in [-0.1, -0.05) is 0 Å². The topological polar surface area (TPSA) is 64.3 Å². The molecule has 15 heavy (non-hydrogen) atoms. The highest BCUT2D eigenvalue weighted by Crippen LogP contribution is 2.02. The molecule has 0 fully saturated rings. The number of aromatic nitrogens is 2. The van der Waals surface area contributed by atoms with Crippen LogP contribution in [0.25, 0.3) is 0 Å². The average molecular weight is 212 g/mol. The molecule has 1 aromatic rings. The van der Waals surface area contributed by atoms with Crippen LogP contribution >= 0.6 is 0 Å². The van der Waals surface area contributed by atoms with Crippen LogP contribution in [0.1, 0.15) is 17.9 Å². The zero-order valence-electron chi connectivity index (χ0n) is 9.06. The molecule has 0 saturated carbocycles. The number of nitrogens with zero attached hydrogens (tertiary/aromatic N) is 2. The molecule has 0 aliphatic carbocycles. The minimum Gasteiger partial charge on any atom is -0.480 e. The first-order valence-electron chi connectivity index (χ1n) is 4.89. The Balaban J connectivity index is 2.20. The van der Waals surface area contributed by atoms with Crippen molar-refractivity contribution >= 4 is 5.97 Å². The van der Waals surface area contributed by atoms with Crippen LogP contribution in [-0.4, -0.2) is 33.8 Å². The van der Waals surface area contributed by atoms with Crippen molar-refractivity contribution in [3.63, 3.8) is 0 Å². The first kappa shape index (κ1) is 11.7. The van der Waals surface area contributed by atoms with Gasteiger partial charge in [0.1, 0.15) is 12.4 Å². The van der Waals surface area contributed by atoms with E-state index in [1.165, 1.54) is 0 Å². The SMILES string of the molecule is Cc1cn(CCCOCC(=O)O)c(C)n1. The second-order valence-corrected chi connectivity index (χ2v) is 3.42. The smallest absolute Gasteiger partial charge is 0.329 e. The number of carboxylic acid groups (broad SMARTS) is 1. The van der Waals surface area contributed by atoms with Gasteiger partial charge >= 0.3 is 5.97 Å². The number of carbonyl (C=O) groups is 1. The summed E-state index contributed by atoms with van der Waals surface area (Å²) in [6.07, 6.45) is 2.77. The van der Waals surface area contributed by atoms with Crippen molar-refractivity contribution in [1.29, 1.82) is 0 Å². The van der Waals surface area contributed by atoms with E-state index in [-0.39, 0.29) is 6.61 Å². The van der Waals surface area contributed by atoms with Gasteiger partial charge < -0.3 is 14.4 Å². The average Bonchev–Trinajstić information content (AvgIpc) is 2.44. The van der Waals surface area contributed by atoms with E-state index in [1.54, 1.807) is 0 Å². The normalized spacial score (nSPS) is 10.5. The van der Waals surface area contributed by atoms with Gasteiger partial charge in [0.25, 0.3) is 0 Å². The zero-order chi connectivity index (χ0) is 11.3. The van der Waals surface area contributed by atoms with Crippen LogP contribution in [0.15, 0.2) is 6.20 Å². The Bertz CT molecular complexity index is 333. The molecule has 0 bridgehead atoms. The van der Waals surface area contributed by atoms with E-state index >= 15 is 0 Å². The van der Waals surface area contributed by atoms with E-state index in [4.69, 9.17) is 9.84 Å². The highest BCUT2D eigenvalue weighted by atomic mass is 16.5. The zero-order valence-corrected chi connectivity index (χ0v) is 9.06. The fraction of sp³-hybridized carbons (Fsp3) is 0.600. The third kappa shape index (κ3) is 4.12. The highest BCUT2D eigenvalue weighted by molar-refractivity contribution is 5.67. The van der Waals surface area contributed by atoms with Gasteiger partial charge in [0.05, 0.1) is 5.69 Å². The molecule has 0 aromatic carbocycles. The van der Waals surface area contributed by atoms with E-state index in [9.17, 15) is 4.79 Å². The number of aliphatic carboxylic acids is 1. The lowest BCUT2D eigenvalue weighted by Crippen LogP contribution is -2.09. The van der Waals surface area contributed by atoms with Crippen LogP contribution in [0.2, 0.25) is 0 Å². The Labute approximate surface area is 88.7 Å². The minimum atomic E-state index is -0.926. The lowest BCUT2D eigenvalue weighted by Gasteiger charge is -2.04. The van der Waals surface area contributed by atoms with Crippen molar-refractivity contribution < 1.29 is 14.6 Å². The Hall–Kier alpha value is -1.36. The maximum atomic E-state index is 10.1. The number of hydrogen-bond donors (Lipinski definition) is 1. The third-order valence-electron chi connectivity index (χ3n) is 2.01. The molecule has 1 aromatic heterocycles. The number of rotatable bonds is 6. The summed E-state index contributed by atoms with van der Waals surface area (Å²) in [5.41, 5.74) is 0.999. The molecule has 0 spiro atoms. The molecule has 0 saturated heterocycles. The summed E-state index contributed by atoms with van der Waals surface area (Å²) in [4.78, 5) is 14.4. The van der Waals surface area contributed by atoms with Crippen LogP contribution in [0, 0.1) is 13.8 Å². The van der Waals surface area contributed by atoms with E-state index in [1.807, 2.05) is 24.6 Å². The second kappa shape index (κ2) is 5.50. The third-order valence-corrected chi connectivity index (χ3v) is 2.01. The van der Waals surface area contributed by atoms with Crippen molar-refractivity contribution in [2.75, 3.05) is 13.2 Å². The van der Waals surface area contributed by atoms with Crippen LogP contribution in [-0.2, 0) is 16.1 Å². The Kier molecular flexibility index (Phi) is 4.30. The van der Waals surface area contributed by atoms with E-state index < -0.39 is 5.97 Å². The number of aryl methyl sites for hydroxylation is 3. The van der Waals surface area contributed by atoms with Gasteiger partial charge in [-0.05, 0) is 20.3 Å². The maximum absolute atomic E-state index is 10.1. The number of hydrogen-bond acceptors (Lipinski definition) is 3. The van der Waals surface area contributed by atoms with Gasteiger partial charge in [0, 0.05) is 19.3 Å². The lowest BCUT2D eigenvalue weighted by molar-refractivity contribution is -0.142. The molecular weight excluding hydrogens is 196 g/mol. The summed E-state index contributed by atoms with van der Waals surface area (Å²) in [6.45, 7) is 4.95. The summed E-state index contributed by atoms with van der Waals surface area (Å²) >= 11 is 0. The molecular formula is C10H16N2O3. The summed E-state index contributed by atoms with van der Waals surface area (Å²) in [7, 11) is 0. The summed E-state index contributed by atoms with van der Waals surface area (Å²) in [6, 6.07) is 0. The van der Waals surface area contributed by atoms with Crippen molar-refractivity contribution in [2.24, 2.45) is 0 Å². The van der Waals surface area contributed by atoms with E-state index in [2.05, 4.69) is 4.98 Å². The Morgan fingerprint density at radius 1 is 1.60 bits per heavy atom. The highest BCUT2D eigenvalue weighted by Gasteiger charge is 2.00. The molecule has 0 aliphatic rings. The summed E-state index contributed by atoms with van der Waals surface area (Å²) in [5, 5.41) is 8.34. The first-order valence-corrected chi connectivity index (χ1v) is 4.89. The van der Waals surface area contributed by atoms with Crippen LogP contribution in [0.5, 0.6) is 0 Å². The van der Waals surface area contributed by atoms with Crippen molar-refractivity contribution in [3.05, 3.63) is 17.7 Å². The molecule has 1 heterocycles. The lowest BCUT2D eigenvalue weighted by atomic mass is 10.4. The molecule has 5 nitrogen and oxygen atoms in total. The summed E-state index contributed by atoms with van der Waals surface area (Å²) in [5.74, 6) is 0.0513. The van der Waals surface area contributed by atoms with Crippen molar-refractivity contribution in [3.8, 4) is 0 Å². The quantitative estimate of drug-likeness (QED) is 0.714. The molecule has 1 rings (SSSR count). The predicted molar refractivity (Wildman–Crippen MR) is 54.8 cm³/mol. The molecule has 5 heteroatoms. The Morgan fingerprint density at radius 2 is 2.33 bits per heavy atom. The fourth-order valence-corrected chi connectivity index (χ4v) is 1.39. The molecule has 0 unspecified atom stereocenters. The van der Waals surface area contributed by atoms with Gasteiger partial charge in [0.2, 0.25) is 0 Å². The molecule has 0 atom stereocenters. The number of ether oxygens (including phenoxy) is 1.